The highest BCUT2D eigenvalue weighted by atomic mass is 19.3. The molecular formula is C24H42F2. The van der Waals surface area contributed by atoms with E-state index in [1.54, 1.807) is 0 Å². The number of hydrogen-bond acceptors (Lipinski definition) is 0. The van der Waals surface area contributed by atoms with E-state index in [-0.39, 0.29) is 0 Å². The summed E-state index contributed by atoms with van der Waals surface area (Å²) in [5.41, 5.74) is 0. The Balaban J connectivity index is 1.53. The third-order valence-corrected chi connectivity index (χ3v) is 7.29. The van der Waals surface area contributed by atoms with Gasteiger partial charge in [-0.2, -0.15) is 8.78 Å². The van der Waals surface area contributed by atoms with E-state index in [4.69, 9.17) is 0 Å². The molecule has 0 aromatic heterocycles. The summed E-state index contributed by atoms with van der Waals surface area (Å²) >= 11 is 0. The van der Waals surface area contributed by atoms with Gasteiger partial charge in [0, 0.05) is 0 Å². The van der Waals surface area contributed by atoms with E-state index in [2.05, 4.69) is 6.92 Å². The number of rotatable bonds is 11. The first-order chi connectivity index (χ1) is 12.7. The molecule has 2 rings (SSSR count). The molecule has 2 saturated carbocycles. The second-order valence-electron chi connectivity index (χ2n) is 9.19. The molecule has 0 heterocycles. The lowest BCUT2D eigenvalue weighted by atomic mass is 9.68. The van der Waals surface area contributed by atoms with Crippen LogP contribution in [0.3, 0.4) is 0 Å². The van der Waals surface area contributed by atoms with Gasteiger partial charge >= 0.3 is 0 Å². The number of unbranched alkanes of at least 4 members (excludes halogenated alkanes) is 5. The van der Waals surface area contributed by atoms with Crippen LogP contribution in [-0.2, 0) is 0 Å². The minimum atomic E-state index is -1.50. The maximum absolute atomic E-state index is 12.1. The lowest BCUT2D eigenvalue weighted by Gasteiger charge is -2.38. The van der Waals surface area contributed by atoms with Crippen molar-refractivity contribution in [1.82, 2.24) is 0 Å². The highest BCUT2D eigenvalue weighted by molar-refractivity contribution is 4.85. The van der Waals surface area contributed by atoms with Gasteiger partial charge in [0.15, 0.2) is 0 Å². The van der Waals surface area contributed by atoms with Crippen LogP contribution in [0.15, 0.2) is 12.2 Å². The molecule has 2 fully saturated rings. The molecule has 2 aliphatic carbocycles. The van der Waals surface area contributed by atoms with Crippen LogP contribution in [0.25, 0.3) is 0 Å². The lowest BCUT2D eigenvalue weighted by Crippen LogP contribution is -2.25. The van der Waals surface area contributed by atoms with E-state index >= 15 is 0 Å². The highest BCUT2D eigenvalue weighted by Crippen LogP contribution is 2.43. The number of halogens is 2. The van der Waals surface area contributed by atoms with Gasteiger partial charge in [-0.15, -0.1) is 0 Å². The van der Waals surface area contributed by atoms with Crippen molar-refractivity contribution in [3.8, 4) is 0 Å². The number of allylic oxidation sites excluding steroid dienone is 1. The Morgan fingerprint density at radius 1 is 0.692 bits per heavy atom. The average molecular weight is 369 g/mol. The SMILES string of the molecule is CCCCCCCC[C@H]1CC[C@H](C2CCC(CCC=C(F)F)CC2)CC1. The van der Waals surface area contributed by atoms with Gasteiger partial charge in [0.2, 0.25) is 0 Å². The van der Waals surface area contributed by atoms with Gasteiger partial charge in [-0.25, -0.2) is 0 Å². The maximum Gasteiger partial charge on any atom is 0.266 e. The van der Waals surface area contributed by atoms with Crippen LogP contribution in [0.2, 0.25) is 0 Å². The van der Waals surface area contributed by atoms with E-state index < -0.39 is 6.08 Å². The molecule has 0 aliphatic heterocycles. The van der Waals surface area contributed by atoms with Crippen LogP contribution >= 0.6 is 0 Å². The zero-order valence-corrected chi connectivity index (χ0v) is 17.2. The first kappa shape index (κ1) is 21.9. The van der Waals surface area contributed by atoms with Gasteiger partial charge in [0.05, 0.1) is 0 Å². The molecule has 152 valence electrons. The normalized spacial score (nSPS) is 29.5. The van der Waals surface area contributed by atoms with Crippen molar-refractivity contribution in [2.24, 2.45) is 23.7 Å². The fraction of sp³-hybridized carbons (Fsp3) is 0.917. The first-order valence-corrected chi connectivity index (χ1v) is 11.7. The summed E-state index contributed by atoms with van der Waals surface area (Å²) in [5, 5.41) is 0. The molecule has 0 radical (unpaired) electrons. The largest absolute Gasteiger partial charge is 0.266 e. The summed E-state index contributed by atoms with van der Waals surface area (Å²) in [6, 6.07) is 0. The van der Waals surface area contributed by atoms with Crippen LogP contribution in [0.1, 0.15) is 116 Å². The summed E-state index contributed by atoms with van der Waals surface area (Å²) in [4.78, 5) is 0. The van der Waals surface area contributed by atoms with Gasteiger partial charge < -0.3 is 0 Å². The third kappa shape index (κ3) is 8.53. The molecule has 2 heteroatoms. The minimum Gasteiger partial charge on any atom is -0.174 e. The molecule has 0 saturated heterocycles. The molecule has 0 nitrogen and oxygen atoms in total. The summed E-state index contributed by atoms with van der Waals surface area (Å²) in [6.45, 7) is 2.29. The number of hydrogen-bond donors (Lipinski definition) is 0. The monoisotopic (exact) mass is 368 g/mol. The van der Waals surface area contributed by atoms with E-state index in [0.29, 0.717) is 12.3 Å². The highest BCUT2D eigenvalue weighted by Gasteiger charge is 2.30. The van der Waals surface area contributed by atoms with Crippen LogP contribution < -0.4 is 0 Å². The molecule has 0 atom stereocenters. The summed E-state index contributed by atoms with van der Waals surface area (Å²) in [7, 11) is 0. The zero-order valence-electron chi connectivity index (χ0n) is 17.2. The van der Waals surface area contributed by atoms with E-state index in [9.17, 15) is 8.78 Å². The predicted molar refractivity (Wildman–Crippen MR) is 108 cm³/mol. The molecule has 26 heavy (non-hydrogen) atoms. The standard InChI is InChI=1S/C24H42F2/c1-2-3-4-5-6-7-9-20-12-16-22(17-13-20)23-18-14-21(15-19-23)10-8-11-24(25)26/h11,20-23H,2-10,12-19H2,1H3/t20-,21?,22-,23?. The lowest BCUT2D eigenvalue weighted by molar-refractivity contribution is 0.140. The van der Waals surface area contributed by atoms with E-state index in [0.717, 1.165) is 30.3 Å². The fourth-order valence-corrected chi connectivity index (χ4v) is 5.54. The smallest absolute Gasteiger partial charge is 0.174 e. The molecule has 0 N–H and O–H groups in total. The summed E-state index contributed by atoms with van der Waals surface area (Å²) in [6.07, 6.45) is 22.3. The Morgan fingerprint density at radius 3 is 1.73 bits per heavy atom. The van der Waals surface area contributed by atoms with Crippen molar-refractivity contribution < 1.29 is 8.78 Å². The summed E-state index contributed by atoms with van der Waals surface area (Å²) < 4.78 is 24.3. The van der Waals surface area contributed by atoms with Gasteiger partial charge in [0.1, 0.15) is 0 Å². The van der Waals surface area contributed by atoms with Crippen LogP contribution in [0, 0.1) is 23.7 Å². The van der Waals surface area contributed by atoms with Crippen LogP contribution in [-0.4, -0.2) is 0 Å². The van der Waals surface area contributed by atoms with E-state index in [1.807, 2.05) is 0 Å². The van der Waals surface area contributed by atoms with Gasteiger partial charge in [-0.1, -0.05) is 77.6 Å². The maximum atomic E-state index is 12.1. The molecule has 0 spiro atoms. The Labute approximate surface area is 161 Å². The molecule has 0 aromatic carbocycles. The molecular weight excluding hydrogens is 326 g/mol. The van der Waals surface area contributed by atoms with Crippen molar-refractivity contribution in [2.75, 3.05) is 0 Å². The molecule has 0 aromatic rings. The molecule has 2 aliphatic rings. The second-order valence-corrected chi connectivity index (χ2v) is 9.19. The second kappa shape index (κ2) is 12.9. The van der Waals surface area contributed by atoms with Crippen LogP contribution in [0.4, 0.5) is 8.78 Å². The zero-order chi connectivity index (χ0) is 18.6. The molecule has 0 unspecified atom stereocenters. The van der Waals surface area contributed by atoms with Gasteiger partial charge in [-0.05, 0) is 68.3 Å². The fourth-order valence-electron chi connectivity index (χ4n) is 5.54. The van der Waals surface area contributed by atoms with Gasteiger partial charge in [-0.3, -0.25) is 0 Å². The topological polar surface area (TPSA) is 0 Å². The van der Waals surface area contributed by atoms with Crippen molar-refractivity contribution in [3.05, 3.63) is 12.2 Å². The summed E-state index contributed by atoms with van der Waals surface area (Å²) in [5.74, 6) is 3.62. The van der Waals surface area contributed by atoms with Crippen LogP contribution in [0.5, 0.6) is 0 Å². The van der Waals surface area contributed by atoms with Crippen molar-refractivity contribution >= 4 is 0 Å². The third-order valence-electron chi connectivity index (χ3n) is 7.29. The molecule has 0 bridgehead atoms. The van der Waals surface area contributed by atoms with Crippen molar-refractivity contribution in [3.63, 3.8) is 0 Å². The molecule has 0 amide bonds. The minimum absolute atomic E-state index is 0.571. The Bertz CT molecular complexity index is 370. The predicted octanol–water partition coefficient (Wildman–Crippen LogP) is 8.91. The Kier molecular flexibility index (Phi) is 10.9. The quantitative estimate of drug-likeness (QED) is 0.319. The van der Waals surface area contributed by atoms with Gasteiger partial charge in [0.25, 0.3) is 6.08 Å². The Hall–Kier alpha value is -0.400. The average Bonchev–Trinajstić information content (AvgIpc) is 2.65. The van der Waals surface area contributed by atoms with Crippen molar-refractivity contribution in [1.29, 1.82) is 0 Å². The van der Waals surface area contributed by atoms with E-state index in [1.165, 1.54) is 96.3 Å². The van der Waals surface area contributed by atoms with Crippen molar-refractivity contribution in [2.45, 2.75) is 116 Å². The Morgan fingerprint density at radius 2 is 1.19 bits per heavy atom. The first-order valence-electron chi connectivity index (χ1n) is 11.7.